The van der Waals surface area contributed by atoms with Crippen molar-refractivity contribution >= 4 is 75.1 Å². The van der Waals surface area contributed by atoms with Crippen LogP contribution in [0.25, 0.3) is 0 Å². The van der Waals surface area contributed by atoms with E-state index in [1.54, 1.807) is 11.4 Å². The molecule has 2 atom stereocenters. The zero-order chi connectivity index (χ0) is 39.7. The molecule has 4 N–H and O–H groups in total. The number of thiazole rings is 1. The summed E-state index contributed by atoms with van der Waals surface area (Å²) >= 11 is 8.21. The van der Waals surface area contributed by atoms with E-state index in [2.05, 4.69) is 25.7 Å². The largest absolute Gasteiger partial charge is 0.477 e. The van der Waals surface area contributed by atoms with E-state index in [1.165, 1.54) is 28.8 Å². The molecule has 2 aromatic heterocycles. The number of benzene rings is 3. The summed E-state index contributed by atoms with van der Waals surface area (Å²) in [4.78, 5) is 67.4. The van der Waals surface area contributed by atoms with Gasteiger partial charge in [0.2, 0.25) is 5.60 Å². The maximum absolute atomic E-state index is 14.2. The Morgan fingerprint density at radius 1 is 0.947 bits per heavy atom. The van der Waals surface area contributed by atoms with Crippen molar-refractivity contribution in [2.45, 2.75) is 23.4 Å². The zero-order valence-electron chi connectivity index (χ0n) is 29.7. The number of carboxylic acids is 1. The van der Waals surface area contributed by atoms with Crippen LogP contribution in [0.4, 0.5) is 10.9 Å². The Hall–Kier alpha value is -6.36. The lowest BCUT2D eigenvalue weighted by Gasteiger charge is -2.49. The Bertz CT molecular complexity index is 2370. The van der Waals surface area contributed by atoms with Crippen molar-refractivity contribution in [2.75, 3.05) is 22.9 Å². The molecule has 3 aliphatic rings. The van der Waals surface area contributed by atoms with Gasteiger partial charge in [-0.1, -0.05) is 108 Å². The molecule has 5 heterocycles. The second kappa shape index (κ2) is 15.6. The van der Waals surface area contributed by atoms with Crippen LogP contribution in [0.15, 0.2) is 137 Å². The smallest absolute Gasteiger partial charge is 0.352 e. The van der Waals surface area contributed by atoms with Crippen LogP contribution in [0.3, 0.4) is 0 Å². The van der Waals surface area contributed by atoms with E-state index in [9.17, 15) is 24.3 Å². The van der Waals surface area contributed by atoms with Crippen LogP contribution >= 0.6 is 34.7 Å². The van der Waals surface area contributed by atoms with Crippen LogP contribution < -0.4 is 16.0 Å². The molecule has 5 aromatic rings. The Labute approximate surface area is 338 Å². The van der Waals surface area contributed by atoms with Gasteiger partial charge in [0.05, 0.1) is 0 Å². The summed E-state index contributed by atoms with van der Waals surface area (Å²) in [5.74, 6) is -2.66. The Morgan fingerprint density at radius 3 is 2.12 bits per heavy atom. The molecule has 57 heavy (non-hydrogen) atoms. The highest BCUT2D eigenvalue weighted by molar-refractivity contribution is 8.00. The number of allylic oxidation sites excluding steroid dienone is 1. The number of β-lactam (4-membered cyclic amide) rings is 1. The normalized spacial score (nSPS) is 19.0. The van der Waals surface area contributed by atoms with Gasteiger partial charge in [-0.25, -0.2) is 9.78 Å². The number of halogens is 1. The number of carbonyl (C=O) groups excluding carboxylic acids is 3. The minimum Gasteiger partial charge on any atom is -0.477 e. The number of hydrogen-bond donors (Lipinski definition) is 3. The van der Waals surface area contributed by atoms with Crippen LogP contribution in [-0.4, -0.2) is 78.3 Å². The van der Waals surface area contributed by atoms with Gasteiger partial charge in [0.25, 0.3) is 17.7 Å². The summed E-state index contributed by atoms with van der Waals surface area (Å²) < 4.78 is 0. The molecule has 0 aliphatic carbocycles. The first kappa shape index (κ1) is 37.6. The van der Waals surface area contributed by atoms with E-state index in [0.29, 0.717) is 29.9 Å². The van der Waals surface area contributed by atoms with E-state index in [4.69, 9.17) is 22.2 Å². The van der Waals surface area contributed by atoms with Crippen molar-refractivity contribution in [3.05, 3.63) is 159 Å². The number of hydrogen-bond acceptors (Lipinski definition) is 12. The maximum atomic E-state index is 14.2. The number of nitrogens with one attached hydrogen (secondary N) is 1. The lowest BCUT2D eigenvalue weighted by atomic mass is 9.80. The van der Waals surface area contributed by atoms with Crippen molar-refractivity contribution in [1.82, 2.24) is 25.4 Å². The fraction of sp³-hybridized carbons (Fsp3) is 0.150. The number of anilines is 2. The number of nitrogen functional groups attached to an aromatic ring is 1. The molecule has 0 bridgehead atoms. The summed E-state index contributed by atoms with van der Waals surface area (Å²) in [6.07, 6.45) is 1.84. The minimum atomic E-state index is -1.34. The first-order valence-corrected chi connectivity index (χ1v) is 19.8. The van der Waals surface area contributed by atoms with Crippen molar-refractivity contribution in [3.63, 3.8) is 0 Å². The summed E-state index contributed by atoms with van der Waals surface area (Å²) in [5, 5.41) is 26.5. The summed E-state index contributed by atoms with van der Waals surface area (Å²) in [6, 6.07) is 30.4. The molecule has 2 saturated heterocycles. The topological polar surface area (TPSA) is 193 Å². The first-order chi connectivity index (χ1) is 27.7. The number of oxime groups is 1. The highest BCUT2D eigenvalue weighted by Crippen LogP contribution is 2.43. The molecule has 2 fully saturated rings. The highest BCUT2D eigenvalue weighted by atomic mass is 35.5. The van der Waals surface area contributed by atoms with E-state index >= 15 is 0 Å². The van der Waals surface area contributed by atoms with Gasteiger partial charge < -0.3 is 21.0 Å². The standard InChI is InChI=1S/C40H31ClN8O6S2/c41-29-16-17-30(46-45-29)48-19-18-23(35(48)51)20-24-21-56-37-32(36(52)49(37)33(24)38(53)54)44-34(50)31(28-22-57-39(42)43-28)47-55-40(25-10-4-1-5-11-25,26-12-6-2-7-13-26)27-14-8-3-9-15-27/h1-17,20,22,32,37H,18-19,21H2,(H2,42,43)(H,44,50)(H,53,54)/b23-20+,47-31-/t32-,37-/m1/s1. The Balaban J connectivity index is 1.09. The molecule has 0 radical (unpaired) electrons. The summed E-state index contributed by atoms with van der Waals surface area (Å²) in [6.45, 7) is 0.310. The molecular weight excluding hydrogens is 788 g/mol. The molecule has 0 unspecified atom stereocenters. The number of carbonyl (C=O) groups is 4. The fourth-order valence-electron chi connectivity index (χ4n) is 6.99. The third-order valence-electron chi connectivity index (χ3n) is 9.65. The number of amides is 3. The summed E-state index contributed by atoms with van der Waals surface area (Å²) in [7, 11) is 0. The number of carboxylic acid groups (broad SMARTS) is 1. The number of rotatable bonds is 11. The molecule has 14 nitrogen and oxygen atoms in total. The third-order valence-corrected chi connectivity index (χ3v) is 11.8. The third kappa shape index (κ3) is 7.02. The van der Waals surface area contributed by atoms with E-state index in [1.807, 2.05) is 91.0 Å². The first-order valence-electron chi connectivity index (χ1n) is 17.5. The lowest BCUT2D eigenvalue weighted by Crippen LogP contribution is -2.71. The molecular formula is C40H31ClN8O6S2. The van der Waals surface area contributed by atoms with Gasteiger partial charge in [0.1, 0.15) is 22.8 Å². The van der Waals surface area contributed by atoms with Crippen molar-refractivity contribution < 1.29 is 29.1 Å². The van der Waals surface area contributed by atoms with Crippen molar-refractivity contribution in [3.8, 4) is 0 Å². The van der Waals surface area contributed by atoms with Gasteiger partial charge in [0.15, 0.2) is 21.8 Å². The highest BCUT2D eigenvalue weighted by Gasteiger charge is 2.54. The van der Waals surface area contributed by atoms with Gasteiger partial charge in [-0.05, 0) is 30.2 Å². The zero-order valence-corrected chi connectivity index (χ0v) is 32.1. The quantitative estimate of drug-likeness (QED) is 0.0535. The van der Waals surface area contributed by atoms with Gasteiger partial charge in [-0.2, -0.15) is 0 Å². The molecule has 3 aliphatic heterocycles. The SMILES string of the molecule is Nc1nc(/C(=N/OC(c2ccccc2)(c2ccccc2)c2ccccc2)C(=O)N[C@@H]2C(=O)N3C(C(=O)O)=C(/C=C4\CCN(c5ccc(Cl)nn5)C4=O)CS[C@H]23)cs1. The number of aliphatic carboxylic acids is 1. The van der Waals surface area contributed by atoms with Crippen LogP contribution in [0, 0.1) is 0 Å². The molecule has 0 spiro atoms. The van der Waals surface area contributed by atoms with Crippen molar-refractivity contribution in [1.29, 1.82) is 0 Å². The molecule has 286 valence electrons. The molecule has 3 amide bonds. The van der Waals surface area contributed by atoms with Gasteiger partial charge >= 0.3 is 5.97 Å². The van der Waals surface area contributed by atoms with Gasteiger partial charge in [-0.15, -0.1) is 33.3 Å². The van der Waals surface area contributed by atoms with Gasteiger partial charge in [-0.3, -0.25) is 24.2 Å². The summed E-state index contributed by atoms with van der Waals surface area (Å²) in [5.41, 5.74) is 7.15. The van der Waals surface area contributed by atoms with E-state index < -0.39 is 34.8 Å². The predicted octanol–water partition coefficient (Wildman–Crippen LogP) is 4.98. The van der Waals surface area contributed by atoms with E-state index in [0.717, 1.165) is 32.9 Å². The molecule has 8 rings (SSSR count). The number of nitrogens with zero attached hydrogens (tertiary/aromatic N) is 6. The number of fused-ring (bicyclic) bond motifs is 1. The Morgan fingerprint density at radius 2 is 1.58 bits per heavy atom. The average molecular weight is 819 g/mol. The monoisotopic (exact) mass is 818 g/mol. The fourth-order valence-corrected chi connectivity index (χ4v) is 8.94. The second-order valence-corrected chi connectivity index (χ2v) is 15.4. The second-order valence-electron chi connectivity index (χ2n) is 13.0. The number of aromatic nitrogens is 3. The van der Waals surface area contributed by atoms with Crippen LogP contribution in [0.2, 0.25) is 5.15 Å². The van der Waals surface area contributed by atoms with Crippen LogP contribution in [0.1, 0.15) is 28.8 Å². The molecule has 0 saturated carbocycles. The lowest BCUT2D eigenvalue weighted by molar-refractivity contribution is -0.150. The van der Waals surface area contributed by atoms with Gasteiger partial charge in [0, 0.05) is 39.9 Å². The van der Waals surface area contributed by atoms with E-state index in [-0.39, 0.29) is 39.0 Å². The average Bonchev–Trinajstić information content (AvgIpc) is 3.83. The number of nitrogens with two attached hydrogens (primary N) is 1. The molecule has 3 aromatic carbocycles. The number of thioether (sulfide) groups is 1. The minimum absolute atomic E-state index is 0.123. The maximum Gasteiger partial charge on any atom is 0.352 e. The van der Waals surface area contributed by atoms with Crippen LogP contribution in [-0.2, 0) is 29.6 Å². The molecule has 17 heteroatoms. The van der Waals surface area contributed by atoms with Crippen LogP contribution in [0.5, 0.6) is 0 Å². The Kier molecular flexibility index (Phi) is 10.3. The van der Waals surface area contributed by atoms with Crippen molar-refractivity contribution in [2.24, 2.45) is 5.16 Å². The predicted molar refractivity (Wildman–Crippen MR) is 215 cm³/mol.